The highest BCUT2D eigenvalue weighted by atomic mass is 35.5. The fraction of sp³-hybridized carbons (Fsp3) is 0.833. The smallest absolute Gasteiger partial charge is 0.239 e. The van der Waals surface area contributed by atoms with E-state index < -0.39 is 20.3 Å². The summed E-state index contributed by atoms with van der Waals surface area (Å²) in [5, 5.41) is -1.93. The number of hydrogen-bond acceptors (Lipinski definition) is 3. The number of hydrogen-bond donors (Lipinski definition) is 0. The molecule has 0 radical (unpaired) electrons. The molecule has 6 heteroatoms. The number of halogens is 2. The zero-order valence-electron chi connectivity index (χ0n) is 6.59. The van der Waals surface area contributed by atoms with E-state index in [0.29, 0.717) is 0 Å². The molecule has 0 aliphatic heterocycles. The van der Waals surface area contributed by atoms with Gasteiger partial charge in [-0.15, -0.1) is 11.6 Å². The van der Waals surface area contributed by atoms with Gasteiger partial charge in [-0.1, -0.05) is 6.92 Å². The first-order valence-corrected chi connectivity index (χ1v) is 6.05. The summed E-state index contributed by atoms with van der Waals surface area (Å²) in [4.78, 5) is 10.6. The van der Waals surface area contributed by atoms with E-state index >= 15 is 0 Å². The van der Waals surface area contributed by atoms with Crippen molar-refractivity contribution in [1.82, 2.24) is 0 Å². The fourth-order valence-corrected chi connectivity index (χ4v) is 3.30. The lowest BCUT2D eigenvalue weighted by Gasteiger charge is -2.09. The molecule has 72 valence electrons. The van der Waals surface area contributed by atoms with Crippen LogP contribution in [0.15, 0.2) is 0 Å². The SMILES string of the molecule is CCC(C(=O)Cl)S(=O)(=O)CCCl. The second-order valence-corrected chi connectivity index (χ2v) is 5.31. The molecule has 0 N–H and O–H groups in total. The van der Waals surface area contributed by atoms with E-state index in [4.69, 9.17) is 23.2 Å². The average Bonchev–Trinajstić information content (AvgIpc) is 1.86. The molecule has 0 aromatic carbocycles. The Labute approximate surface area is 82.0 Å². The number of sulfone groups is 1. The second-order valence-electron chi connectivity index (χ2n) is 2.26. The van der Waals surface area contributed by atoms with Crippen LogP contribution in [0.4, 0.5) is 0 Å². The van der Waals surface area contributed by atoms with Gasteiger partial charge in [-0.2, -0.15) is 0 Å². The van der Waals surface area contributed by atoms with Gasteiger partial charge in [-0.3, -0.25) is 4.79 Å². The number of carbonyl (C=O) groups excluding carboxylic acids is 1. The lowest BCUT2D eigenvalue weighted by Crippen LogP contribution is -2.29. The summed E-state index contributed by atoms with van der Waals surface area (Å²) >= 11 is 10.4. The van der Waals surface area contributed by atoms with Crippen LogP contribution in [-0.2, 0) is 14.6 Å². The molecule has 1 unspecified atom stereocenters. The van der Waals surface area contributed by atoms with E-state index in [-0.39, 0.29) is 18.1 Å². The molecule has 0 aliphatic carbocycles. The van der Waals surface area contributed by atoms with Crippen LogP contribution in [-0.4, -0.2) is 30.5 Å². The van der Waals surface area contributed by atoms with E-state index in [0.717, 1.165) is 0 Å². The van der Waals surface area contributed by atoms with Gasteiger partial charge in [0.15, 0.2) is 9.84 Å². The van der Waals surface area contributed by atoms with Crippen LogP contribution in [0.2, 0.25) is 0 Å². The fourth-order valence-electron chi connectivity index (χ4n) is 0.805. The lowest BCUT2D eigenvalue weighted by molar-refractivity contribution is -0.111. The molecular weight excluding hydrogens is 223 g/mol. The van der Waals surface area contributed by atoms with Gasteiger partial charge in [0.05, 0.1) is 5.75 Å². The molecule has 0 saturated heterocycles. The second kappa shape index (κ2) is 5.04. The molecule has 0 heterocycles. The van der Waals surface area contributed by atoms with Crippen molar-refractivity contribution in [2.75, 3.05) is 11.6 Å². The molecule has 0 aromatic rings. The van der Waals surface area contributed by atoms with Gasteiger partial charge < -0.3 is 0 Å². The summed E-state index contributed by atoms with van der Waals surface area (Å²) in [7, 11) is -3.44. The van der Waals surface area contributed by atoms with Crippen LogP contribution >= 0.6 is 23.2 Å². The quantitative estimate of drug-likeness (QED) is 0.529. The summed E-state index contributed by atoms with van der Waals surface area (Å²) in [6, 6.07) is 0. The van der Waals surface area contributed by atoms with Crippen molar-refractivity contribution >= 4 is 38.3 Å². The maximum Gasteiger partial charge on any atom is 0.239 e. The summed E-state index contributed by atoms with van der Waals surface area (Å²) in [5.41, 5.74) is 0. The Bertz CT molecular complexity index is 248. The Morgan fingerprint density at radius 1 is 1.50 bits per heavy atom. The Kier molecular flexibility index (Phi) is 5.13. The molecule has 0 aromatic heterocycles. The van der Waals surface area contributed by atoms with Crippen LogP contribution in [0.25, 0.3) is 0 Å². The summed E-state index contributed by atoms with van der Waals surface area (Å²) < 4.78 is 22.4. The third kappa shape index (κ3) is 3.29. The average molecular weight is 233 g/mol. The highest BCUT2D eigenvalue weighted by Gasteiger charge is 2.28. The normalized spacial score (nSPS) is 14.2. The molecule has 0 saturated carbocycles. The van der Waals surface area contributed by atoms with E-state index in [1.54, 1.807) is 6.92 Å². The first-order valence-electron chi connectivity index (χ1n) is 3.42. The standard InChI is InChI=1S/C6H10Cl2O3S/c1-2-5(6(8)9)12(10,11)4-3-7/h5H,2-4H2,1H3. The predicted molar refractivity (Wildman–Crippen MR) is 49.4 cm³/mol. The third-order valence-corrected chi connectivity index (χ3v) is 4.41. The monoisotopic (exact) mass is 232 g/mol. The zero-order valence-corrected chi connectivity index (χ0v) is 8.92. The Hall–Kier alpha value is 0.200. The van der Waals surface area contributed by atoms with Crippen LogP contribution in [0.5, 0.6) is 0 Å². The first-order chi connectivity index (χ1) is 5.45. The maximum absolute atomic E-state index is 11.2. The molecular formula is C6H10Cl2O3S. The van der Waals surface area contributed by atoms with Gasteiger partial charge in [0.1, 0.15) is 5.25 Å². The summed E-state index contributed by atoms with van der Waals surface area (Å²) in [6.07, 6.45) is 0.196. The van der Waals surface area contributed by atoms with Gasteiger partial charge in [0.25, 0.3) is 0 Å². The van der Waals surface area contributed by atoms with Crippen molar-refractivity contribution in [3.8, 4) is 0 Å². The van der Waals surface area contributed by atoms with Crippen LogP contribution in [0, 0.1) is 0 Å². The van der Waals surface area contributed by atoms with E-state index in [9.17, 15) is 13.2 Å². The van der Waals surface area contributed by atoms with E-state index in [1.165, 1.54) is 0 Å². The molecule has 3 nitrogen and oxygen atoms in total. The molecule has 0 spiro atoms. The van der Waals surface area contributed by atoms with Crippen molar-refractivity contribution < 1.29 is 13.2 Å². The van der Waals surface area contributed by atoms with Crippen molar-refractivity contribution in [3.63, 3.8) is 0 Å². The minimum Gasteiger partial charge on any atom is -0.280 e. The number of carbonyl (C=O) groups is 1. The number of rotatable bonds is 5. The maximum atomic E-state index is 11.2. The van der Waals surface area contributed by atoms with Crippen molar-refractivity contribution in [3.05, 3.63) is 0 Å². The summed E-state index contributed by atoms with van der Waals surface area (Å²) in [6.45, 7) is 1.59. The molecule has 1 atom stereocenters. The van der Waals surface area contributed by atoms with Crippen molar-refractivity contribution in [1.29, 1.82) is 0 Å². The Morgan fingerprint density at radius 2 is 2.00 bits per heavy atom. The van der Waals surface area contributed by atoms with Crippen LogP contribution < -0.4 is 0 Å². The topological polar surface area (TPSA) is 51.2 Å². The van der Waals surface area contributed by atoms with E-state index in [1.807, 2.05) is 0 Å². The van der Waals surface area contributed by atoms with Gasteiger partial charge in [-0.25, -0.2) is 8.42 Å². The van der Waals surface area contributed by atoms with Crippen molar-refractivity contribution in [2.45, 2.75) is 18.6 Å². The Balaban J connectivity index is 4.61. The molecule has 0 amide bonds. The predicted octanol–water partition coefficient (Wildman–Crippen LogP) is 1.18. The largest absolute Gasteiger partial charge is 0.280 e. The van der Waals surface area contributed by atoms with Gasteiger partial charge in [0, 0.05) is 5.88 Å². The highest BCUT2D eigenvalue weighted by Crippen LogP contribution is 2.10. The van der Waals surface area contributed by atoms with E-state index in [2.05, 4.69) is 0 Å². The van der Waals surface area contributed by atoms with Gasteiger partial charge in [0.2, 0.25) is 5.24 Å². The minimum absolute atomic E-state index is 0.0109. The zero-order chi connectivity index (χ0) is 9.78. The molecule has 0 aliphatic rings. The molecule has 0 rings (SSSR count). The molecule has 12 heavy (non-hydrogen) atoms. The minimum atomic E-state index is -3.44. The third-order valence-electron chi connectivity index (χ3n) is 1.42. The summed E-state index contributed by atoms with van der Waals surface area (Å²) in [5.74, 6) is -0.214. The van der Waals surface area contributed by atoms with Crippen molar-refractivity contribution in [2.24, 2.45) is 0 Å². The number of alkyl halides is 1. The molecule has 0 bridgehead atoms. The molecule has 0 fully saturated rings. The van der Waals surface area contributed by atoms with Crippen LogP contribution in [0.3, 0.4) is 0 Å². The highest BCUT2D eigenvalue weighted by molar-refractivity contribution is 7.93. The first kappa shape index (κ1) is 12.2. The van der Waals surface area contributed by atoms with Crippen LogP contribution in [0.1, 0.15) is 13.3 Å². The van der Waals surface area contributed by atoms with Gasteiger partial charge in [-0.05, 0) is 18.0 Å². The lowest BCUT2D eigenvalue weighted by atomic mass is 10.4. The Morgan fingerprint density at radius 3 is 2.25 bits per heavy atom. The van der Waals surface area contributed by atoms with Gasteiger partial charge >= 0.3 is 0 Å².